The van der Waals surface area contributed by atoms with E-state index in [2.05, 4.69) is 34.4 Å². The monoisotopic (exact) mass is 425 g/mol. The zero-order valence-electron chi connectivity index (χ0n) is 18.3. The summed E-state index contributed by atoms with van der Waals surface area (Å²) < 4.78 is 11.6. The number of aromatic amines is 1. The van der Waals surface area contributed by atoms with E-state index in [1.807, 2.05) is 24.4 Å². The van der Waals surface area contributed by atoms with Crippen molar-refractivity contribution < 1.29 is 9.26 Å². The van der Waals surface area contributed by atoms with Crippen LogP contribution in [0.4, 0.5) is 0 Å². The fourth-order valence-corrected chi connectivity index (χ4v) is 7.35. The Kier molecular flexibility index (Phi) is 3.88. The number of benzene rings is 2. The van der Waals surface area contributed by atoms with Gasteiger partial charge in [0, 0.05) is 33.8 Å². The fourth-order valence-electron chi connectivity index (χ4n) is 7.35. The number of nitrogens with zero attached hydrogens (tertiary/aromatic N) is 2. The Morgan fingerprint density at radius 3 is 2.44 bits per heavy atom. The van der Waals surface area contributed by atoms with Crippen molar-refractivity contribution in [3.8, 4) is 28.6 Å². The first-order valence-electron chi connectivity index (χ1n) is 11.8. The molecule has 4 aromatic rings. The number of H-pyrrole nitrogens is 1. The normalized spacial score (nSPS) is 28.5. The van der Waals surface area contributed by atoms with E-state index in [0.717, 1.165) is 45.5 Å². The van der Waals surface area contributed by atoms with Crippen LogP contribution in [0.15, 0.2) is 53.2 Å². The molecular weight excluding hydrogens is 398 g/mol. The molecule has 4 aliphatic carbocycles. The minimum atomic E-state index is 0.296. The highest BCUT2D eigenvalue weighted by Gasteiger charge is 2.52. The number of ether oxygens (including phenoxy) is 1. The fraction of sp³-hybridized carbons (Fsp3) is 0.407. The van der Waals surface area contributed by atoms with Crippen LogP contribution in [0.5, 0.6) is 5.75 Å². The van der Waals surface area contributed by atoms with E-state index in [9.17, 15) is 0 Å². The van der Waals surface area contributed by atoms with E-state index >= 15 is 0 Å². The van der Waals surface area contributed by atoms with E-state index in [0.29, 0.717) is 17.1 Å². The SMILES string of the molecule is COc1cc(-c2nc(-c3ccc4[nH]ccc4c3)no2)ccc1C12CC3CC(CC(C3)C1)C2. The molecule has 1 N–H and O–H groups in total. The molecule has 5 nitrogen and oxygen atoms in total. The average Bonchev–Trinajstić information content (AvgIpc) is 3.47. The molecule has 162 valence electrons. The lowest BCUT2D eigenvalue weighted by Gasteiger charge is -2.57. The quantitative estimate of drug-likeness (QED) is 0.413. The van der Waals surface area contributed by atoms with Crippen molar-refractivity contribution in [2.75, 3.05) is 7.11 Å². The summed E-state index contributed by atoms with van der Waals surface area (Å²) in [6, 6.07) is 14.7. The second-order valence-electron chi connectivity index (χ2n) is 10.3. The van der Waals surface area contributed by atoms with Crippen LogP contribution < -0.4 is 4.74 Å². The second kappa shape index (κ2) is 6.71. The summed E-state index contributed by atoms with van der Waals surface area (Å²) in [5.41, 5.74) is 4.65. The summed E-state index contributed by atoms with van der Waals surface area (Å²) in [5, 5.41) is 5.38. The van der Waals surface area contributed by atoms with Crippen molar-refractivity contribution in [2.24, 2.45) is 17.8 Å². The van der Waals surface area contributed by atoms with Crippen LogP contribution in [0, 0.1) is 17.8 Å². The summed E-state index contributed by atoms with van der Waals surface area (Å²) in [5.74, 6) is 4.82. The Balaban J connectivity index is 1.23. The molecule has 8 rings (SSSR count). The molecule has 5 heteroatoms. The van der Waals surface area contributed by atoms with Crippen molar-refractivity contribution in [1.29, 1.82) is 0 Å². The van der Waals surface area contributed by atoms with Crippen LogP contribution in [0.2, 0.25) is 0 Å². The first-order chi connectivity index (χ1) is 15.7. The molecule has 4 bridgehead atoms. The van der Waals surface area contributed by atoms with Crippen LogP contribution >= 0.6 is 0 Å². The maximum absolute atomic E-state index is 5.93. The number of nitrogens with one attached hydrogen (secondary N) is 1. The predicted molar refractivity (Wildman–Crippen MR) is 123 cm³/mol. The third kappa shape index (κ3) is 2.76. The molecule has 0 aliphatic heterocycles. The van der Waals surface area contributed by atoms with Gasteiger partial charge >= 0.3 is 0 Å². The molecule has 2 heterocycles. The predicted octanol–water partition coefficient (Wildman–Crippen LogP) is 6.36. The zero-order chi connectivity index (χ0) is 21.3. The van der Waals surface area contributed by atoms with Gasteiger partial charge in [-0.15, -0.1) is 0 Å². The van der Waals surface area contributed by atoms with Crippen molar-refractivity contribution >= 4 is 10.9 Å². The van der Waals surface area contributed by atoms with Gasteiger partial charge in [-0.1, -0.05) is 11.2 Å². The number of rotatable bonds is 4. The summed E-state index contributed by atoms with van der Waals surface area (Å²) in [6.07, 6.45) is 10.2. The molecule has 0 saturated heterocycles. The number of aromatic nitrogens is 3. The van der Waals surface area contributed by atoms with Gasteiger partial charge in [0.15, 0.2) is 0 Å². The van der Waals surface area contributed by atoms with Crippen LogP contribution in [0.3, 0.4) is 0 Å². The van der Waals surface area contributed by atoms with Crippen molar-refractivity contribution in [3.05, 3.63) is 54.2 Å². The van der Waals surface area contributed by atoms with Crippen LogP contribution in [-0.2, 0) is 5.41 Å². The van der Waals surface area contributed by atoms with Gasteiger partial charge in [-0.2, -0.15) is 4.98 Å². The van der Waals surface area contributed by atoms with Crippen LogP contribution in [0.25, 0.3) is 33.7 Å². The molecule has 2 aromatic carbocycles. The topological polar surface area (TPSA) is 63.9 Å². The zero-order valence-corrected chi connectivity index (χ0v) is 18.3. The number of hydrogen-bond acceptors (Lipinski definition) is 4. The largest absolute Gasteiger partial charge is 0.496 e. The minimum Gasteiger partial charge on any atom is -0.496 e. The number of hydrogen-bond donors (Lipinski definition) is 1. The highest BCUT2D eigenvalue weighted by molar-refractivity contribution is 5.84. The van der Waals surface area contributed by atoms with Crippen molar-refractivity contribution in [3.63, 3.8) is 0 Å². The molecule has 0 radical (unpaired) electrons. The lowest BCUT2D eigenvalue weighted by atomic mass is 9.48. The third-order valence-corrected chi connectivity index (χ3v) is 8.30. The van der Waals surface area contributed by atoms with E-state index in [1.54, 1.807) is 7.11 Å². The molecule has 0 spiro atoms. The Morgan fingerprint density at radius 2 is 1.69 bits per heavy atom. The maximum atomic E-state index is 5.93. The summed E-state index contributed by atoms with van der Waals surface area (Å²) in [6.45, 7) is 0. The van der Waals surface area contributed by atoms with Gasteiger partial charge in [-0.05, 0) is 98.1 Å². The van der Waals surface area contributed by atoms with E-state index in [1.165, 1.54) is 44.1 Å². The third-order valence-electron chi connectivity index (χ3n) is 8.30. The average molecular weight is 426 g/mol. The highest BCUT2D eigenvalue weighted by atomic mass is 16.5. The molecule has 4 aliphatic rings. The van der Waals surface area contributed by atoms with Gasteiger partial charge in [0.05, 0.1) is 7.11 Å². The van der Waals surface area contributed by atoms with Gasteiger partial charge in [-0.3, -0.25) is 0 Å². The van der Waals surface area contributed by atoms with Gasteiger partial charge in [0.2, 0.25) is 5.82 Å². The van der Waals surface area contributed by atoms with Gasteiger partial charge < -0.3 is 14.2 Å². The van der Waals surface area contributed by atoms with E-state index in [-0.39, 0.29) is 0 Å². The Labute approximate surface area is 187 Å². The number of methoxy groups -OCH3 is 1. The van der Waals surface area contributed by atoms with Gasteiger partial charge in [-0.25, -0.2) is 0 Å². The van der Waals surface area contributed by atoms with Gasteiger partial charge in [0.1, 0.15) is 5.75 Å². The smallest absolute Gasteiger partial charge is 0.258 e. The summed E-state index contributed by atoms with van der Waals surface area (Å²) >= 11 is 0. The summed E-state index contributed by atoms with van der Waals surface area (Å²) in [4.78, 5) is 7.91. The lowest BCUT2D eigenvalue weighted by molar-refractivity contribution is -0.00615. The van der Waals surface area contributed by atoms with Gasteiger partial charge in [0.25, 0.3) is 5.89 Å². The Bertz CT molecular complexity index is 1280. The molecule has 0 unspecified atom stereocenters. The first kappa shape index (κ1) is 18.5. The lowest BCUT2D eigenvalue weighted by Crippen LogP contribution is -2.48. The first-order valence-corrected chi connectivity index (χ1v) is 11.8. The maximum Gasteiger partial charge on any atom is 0.258 e. The summed E-state index contributed by atoms with van der Waals surface area (Å²) in [7, 11) is 1.79. The molecule has 32 heavy (non-hydrogen) atoms. The van der Waals surface area contributed by atoms with Crippen molar-refractivity contribution in [2.45, 2.75) is 43.9 Å². The molecule has 2 aromatic heterocycles. The Morgan fingerprint density at radius 1 is 0.938 bits per heavy atom. The molecule has 0 amide bonds. The molecule has 4 saturated carbocycles. The second-order valence-corrected chi connectivity index (χ2v) is 10.3. The van der Waals surface area contributed by atoms with E-state index in [4.69, 9.17) is 14.2 Å². The molecule has 4 fully saturated rings. The highest BCUT2D eigenvalue weighted by Crippen LogP contribution is 2.62. The van der Waals surface area contributed by atoms with Crippen molar-refractivity contribution in [1.82, 2.24) is 15.1 Å². The molecule has 0 atom stereocenters. The minimum absolute atomic E-state index is 0.296. The van der Waals surface area contributed by atoms with E-state index < -0.39 is 0 Å². The Hall–Kier alpha value is -3.08. The number of fused-ring (bicyclic) bond motifs is 1. The molecular formula is C27H27N3O2. The van der Waals surface area contributed by atoms with Crippen LogP contribution in [0.1, 0.15) is 44.1 Å². The standard InChI is InChI=1S/C27H27N3O2/c1-31-24-12-21(2-4-22(24)27-13-16-8-17(14-27)10-18(9-16)15-27)26-29-25(30-32-26)20-3-5-23-19(11-20)6-7-28-23/h2-7,11-12,16-18,28H,8-10,13-15H2,1H3. The van der Waals surface area contributed by atoms with Crippen LogP contribution in [-0.4, -0.2) is 22.2 Å².